The molecule has 1 atom stereocenters. The van der Waals surface area contributed by atoms with Gasteiger partial charge in [-0.05, 0) is 67.3 Å². The maximum Gasteiger partial charge on any atom is 0.264 e. The highest BCUT2D eigenvalue weighted by atomic mass is 35.5. The zero-order chi connectivity index (χ0) is 30.3. The van der Waals surface area contributed by atoms with Gasteiger partial charge >= 0.3 is 0 Å². The molecule has 41 heavy (non-hydrogen) atoms. The number of anilines is 1. The van der Waals surface area contributed by atoms with Gasteiger partial charge in [-0.2, -0.15) is 0 Å². The van der Waals surface area contributed by atoms with Gasteiger partial charge in [0, 0.05) is 33.7 Å². The number of carbonyl (C=O) groups is 2. The largest absolute Gasteiger partial charge is 0.354 e. The lowest BCUT2D eigenvalue weighted by atomic mass is 10.1. The smallest absolute Gasteiger partial charge is 0.264 e. The number of hydrogen-bond acceptors (Lipinski definition) is 4. The number of rotatable bonds is 12. The summed E-state index contributed by atoms with van der Waals surface area (Å²) in [4.78, 5) is 28.9. The van der Waals surface area contributed by atoms with Crippen LogP contribution in [0.25, 0.3) is 0 Å². The van der Waals surface area contributed by atoms with E-state index in [1.165, 1.54) is 17.0 Å². The molecule has 0 saturated heterocycles. The predicted molar refractivity (Wildman–Crippen MR) is 166 cm³/mol. The van der Waals surface area contributed by atoms with Crippen molar-refractivity contribution in [2.75, 3.05) is 17.4 Å². The number of benzene rings is 3. The van der Waals surface area contributed by atoms with Gasteiger partial charge in [0.05, 0.1) is 10.6 Å². The van der Waals surface area contributed by atoms with Crippen LogP contribution in [0.1, 0.15) is 38.3 Å². The molecule has 0 aromatic heterocycles. The van der Waals surface area contributed by atoms with Gasteiger partial charge in [-0.3, -0.25) is 13.9 Å². The van der Waals surface area contributed by atoms with E-state index >= 15 is 0 Å². The number of carbonyl (C=O) groups excluding carboxylic acids is 2. The van der Waals surface area contributed by atoms with E-state index in [2.05, 4.69) is 5.32 Å². The van der Waals surface area contributed by atoms with Crippen LogP contribution in [0.3, 0.4) is 0 Å². The molecule has 0 spiro atoms. The Hall–Kier alpha value is -2.78. The third kappa shape index (κ3) is 8.16. The molecule has 3 rings (SSSR count). The number of amides is 2. The monoisotopic (exact) mass is 637 g/mol. The molecule has 0 aliphatic carbocycles. The Kier molecular flexibility index (Phi) is 11.5. The zero-order valence-corrected chi connectivity index (χ0v) is 26.5. The number of hydrogen-bond donors (Lipinski definition) is 1. The van der Waals surface area contributed by atoms with Crippen LogP contribution in [0.4, 0.5) is 5.69 Å². The van der Waals surface area contributed by atoms with Gasteiger partial charge in [0.1, 0.15) is 12.6 Å². The van der Waals surface area contributed by atoms with Crippen molar-refractivity contribution in [3.05, 3.63) is 92.9 Å². The Bertz CT molecular complexity index is 1460. The van der Waals surface area contributed by atoms with Gasteiger partial charge in [-0.15, -0.1) is 0 Å². The van der Waals surface area contributed by atoms with Gasteiger partial charge in [-0.25, -0.2) is 8.42 Å². The first kappa shape index (κ1) is 32.7. The van der Waals surface area contributed by atoms with Crippen molar-refractivity contribution in [1.82, 2.24) is 10.2 Å². The molecular formula is C30H34Cl3N3O4S. The fourth-order valence-corrected chi connectivity index (χ4v) is 6.57. The molecule has 2 amide bonds. The number of halogens is 3. The first-order chi connectivity index (χ1) is 19.4. The molecule has 0 unspecified atom stereocenters. The highest BCUT2D eigenvalue weighted by Crippen LogP contribution is 2.31. The lowest BCUT2D eigenvalue weighted by Gasteiger charge is -2.34. The summed E-state index contributed by atoms with van der Waals surface area (Å²) >= 11 is 19.1. The summed E-state index contributed by atoms with van der Waals surface area (Å²) in [5.74, 6) is -0.753. The summed E-state index contributed by atoms with van der Waals surface area (Å²) in [7, 11) is -4.19. The van der Waals surface area contributed by atoms with Crippen LogP contribution < -0.4 is 9.62 Å². The molecule has 0 aliphatic heterocycles. The zero-order valence-electron chi connectivity index (χ0n) is 23.4. The second-order valence-corrected chi connectivity index (χ2v) is 13.2. The number of nitrogens with zero attached hydrogens (tertiary/aromatic N) is 2. The van der Waals surface area contributed by atoms with Crippen molar-refractivity contribution in [2.24, 2.45) is 5.92 Å². The molecule has 0 aliphatic rings. The molecular weight excluding hydrogens is 605 g/mol. The number of aryl methyl sites for hydroxylation is 1. The Balaban J connectivity index is 2.11. The van der Waals surface area contributed by atoms with Crippen molar-refractivity contribution in [3.8, 4) is 0 Å². The minimum Gasteiger partial charge on any atom is -0.354 e. The average molecular weight is 639 g/mol. The maximum absolute atomic E-state index is 14.2. The second kappa shape index (κ2) is 14.4. The topological polar surface area (TPSA) is 86.8 Å². The fraction of sp³-hybridized carbons (Fsp3) is 0.333. The van der Waals surface area contributed by atoms with Crippen molar-refractivity contribution >= 4 is 62.3 Å². The minimum absolute atomic E-state index is 0.0181. The first-order valence-electron chi connectivity index (χ1n) is 13.2. The van der Waals surface area contributed by atoms with Gasteiger partial charge < -0.3 is 10.2 Å². The quantitative estimate of drug-likeness (QED) is 0.238. The average Bonchev–Trinajstić information content (AvgIpc) is 2.92. The summed E-state index contributed by atoms with van der Waals surface area (Å²) in [6.07, 6.45) is 0.281. The van der Waals surface area contributed by atoms with E-state index in [0.29, 0.717) is 38.4 Å². The van der Waals surface area contributed by atoms with Crippen LogP contribution in [0.2, 0.25) is 15.1 Å². The van der Waals surface area contributed by atoms with E-state index in [-0.39, 0.29) is 29.7 Å². The van der Waals surface area contributed by atoms with Crippen LogP contribution in [0, 0.1) is 12.8 Å². The van der Waals surface area contributed by atoms with Crippen LogP contribution in [-0.2, 0) is 26.2 Å². The molecule has 0 saturated carbocycles. The molecule has 1 N–H and O–H groups in total. The van der Waals surface area contributed by atoms with Crippen LogP contribution in [0.5, 0.6) is 0 Å². The second-order valence-electron chi connectivity index (χ2n) is 10.0. The summed E-state index contributed by atoms with van der Waals surface area (Å²) in [6.45, 7) is 7.19. The van der Waals surface area contributed by atoms with E-state index in [4.69, 9.17) is 34.8 Å². The van der Waals surface area contributed by atoms with E-state index in [9.17, 15) is 18.0 Å². The van der Waals surface area contributed by atoms with Crippen LogP contribution >= 0.6 is 34.8 Å². The van der Waals surface area contributed by atoms with E-state index in [1.807, 2.05) is 13.8 Å². The molecule has 3 aromatic carbocycles. The van der Waals surface area contributed by atoms with Gasteiger partial charge in [0.2, 0.25) is 11.8 Å². The standard InChI is InChI=1S/C30H34Cl3N3O4S/c1-5-27(30(38)34-17-20(2)3)35(18-24-25(32)12-9-13-26(24)33)29(37)19-36(28-15-14-22(31)16-21(28)4)41(39,40)23-10-7-6-8-11-23/h6-16,20,27H,5,17-19H2,1-4H3,(H,34,38)/t27-/m1/s1. The minimum atomic E-state index is -4.19. The molecule has 11 heteroatoms. The van der Waals surface area contributed by atoms with Crippen molar-refractivity contribution < 1.29 is 18.0 Å². The normalized spacial score (nSPS) is 12.2. The fourth-order valence-electron chi connectivity index (χ4n) is 4.33. The molecule has 220 valence electrons. The Morgan fingerprint density at radius 3 is 2.12 bits per heavy atom. The Morgan fingerprint density at radius 2 is 1.56 bits per heavy atom. The van der Waals surface area contributed by atoms with Crippen molar-refractivity contribution in [1.29, 1.82) is 0 Å². The molecule has 0 heterocycles. The van der Waals surface area contributed by atoms with E-state index in [0.717, 1.165) is 4.31 Å². The summed E-state index contributed by atoms with van der Waals surface area (Å²) in [5.41, 5.74) is 1.31. The number of sulfonamides is 1. The summed E-state index contributed by atoms with van der Waals surface area (Å²) in [5, 5.41) is 3.98. The van der Waals surface area contributed by atoms with Gasteiger partial charge in [-0.1, -0.05) is 79.8 Å². The van der Waals surface area contributed by atoms with Crippen molar-refractivity contribution in [2.45, 2.75) is 51.6 Å². The summed E-state index contributed by atoms with van der Waals surface area (Å²) < 4.78 is 28.9. The molecule has 7 nitrogen and oxygen atoms in total. The van der Waals surface area contributed by atoms with Crippen molar-refractivity contribution in [3.63, 3.8) is 0 Å². The Morgan fingerprint density at radius 1 is 0.927 bits per heavy atom. The molecule has 0 radical (unpaired) electrons. The molecule has 0 bridgehead atoms. The first-order valence-corrected chi connectivity index (χ1v) is 15.8. The van der Waals surface area contributed by atoms with Gasteiger partial charge in [0.25, 0.3) is 10.0 Å². The lowest BCUT2D eigenvalue weighted by molar-refractivity contribution is -0.140. The summed E-state index contributed by atoms with van der Waals surface area (Å²) in [6, 6.07) is 16.7. The van der Waals surface area contributed by atoms with E-state index < -0.39 is 28.5 Å². The number of nitrogens with one attached hydrogen (secondary N) is 1. The third-order valence-corrected chi connectivity index (χ3v) is 9.22. The van der Waals surface area contributed by atoms with E-state index in [1.54, 1.807) is 68.4 Å². The third-order valence-electron chi connectivity index (χ3n) is 6.50. The van der Waals surface area contributed by atoms with Crippen LogP contribution in [0.15, 0.2) is 71.6 Å². The predicted octanol–water partition coefficient (Wildman–Crippen LogP) is 6.73. The molecule has 3 aromatic rings. The lowest BCUT2D eigenvalue weighted by Crippen LogP contribution is -2.52. The van der Waals surface area contributed by atoms with Gasteiger partial charge in [0.15, 0.2) is 0 Å². The maximum atomic E-state index is 14.2. The Labute approximate surface area is 257 Å². The highest BCUT2D eigenvalue weighted by Gasteiger charge is 2.34. The van der Waals surface area contributed by atoms with Crippen LogP contribution in [-0.4, -0.2) is 44.3 Å². The molecule has 0 fully saturated rings. The SMILES string of the molecule is CC[C@H](C(=O)NCC(C)C)N(Cc1c(Cl)cccc1Cl)C(=O)CN(c1ccc(Cl)cc1C)S(=O)(=O)c1ccccc1. The highest BCUT2D eigenvalue weighted by molar-refractivity contribution is 7.92.